The van der Waals surface area contributed by atoms with Crippen molar-refractivity contribution < 1.29 is 9.32 Å². The van der Waals surface area contributed by atoms with Crippen molar-refractivity contribution in [1.82, 2.24) is 20.0 Å². The third-order valence-electron chi connectivity index (χ3n) is 5.41. The number of rotatable bonds is 4. The third-order valence-corrected chi connectivity index (χ3v) is 5.41. The van der Waals surface area contributed by atoms with E-state index in [1.165, 1.54) is 25.7 Å². The molecule has 1 aliphatic carbocycles. The van der Waals surface area contributed by atoms with Crippen molar-refractivity contribution in [3.05, 3.63) is 30.4 Å². The summed E-state index contributed by atoms with van der Waals surface area (Å²) in [5.41, 5.74) is 0.831. The molecule has 2 aromatic heterocycles. The molecular formula is C19H24N4O2. The summed E-state index contributed by atoms with van der Waals surface area (Å²) >= 11 is 0. The fourth-order valence-corrected chi connectivity index (χ4v) is 4.05. The minimum Gasteiger partial charge on any atom is -0.337 e. The molecule has 2 fully saturated rings. The minimum atomic E-state index is -0.0828. The summed E-state index contributed by atoms with van der Waals surface area (Å²) in [4.78, 5) is 23.5. The summed E-state index contributed by atoms with van der Waals surface area (Å²) in [6.45, 7) is 0.792. The standard InChI is InChI=1S/C19H24N4O2/c24-17(12-14-6-1-2-7-14)23-11-4-3-9-16(23)19-21-18(22-25-19)15-8-5-10-20-13-15/h5,8,10,13-14,16H,1-4,6-7,9,11-12H2/t16-/m0/s1. The van der Waals surface area contributed by atoms with Crippen LogP contribution in [0, 0.1) is 5.92 Å². The summed E-state index contributed by atoms with van der Waals surface area (Å²) in [7, 11) is 0. The molecule has 0 spiro atoms. The molecule has 3 heterocycles. The van der Waals surface area contributed by atoms with E-state index in [0.29, 0.717) is 24.1 Å². The lowest BCUT2D eigenvalue weighted by atomic mass is 9.98. The second kappa shape index (κ2) is 7.33. The maximum atomic E-state index is 12.8. The zero-order valence-electron chi connectivity index (χ0n) is 14.4. The van der Waals surface area contributed by atoms with Crippen LogP contribution in [0.4, 0.5) is 0 Å². The molecule has 6 heteroatoms. The van der Waals surface area contributed by atoms with Crippen LogP contribution in [0.5, 0.6) is 0 Å². The van der Waals surface area contributed by atoms with Crippen LogP contribution in [0.2, 0.25) is 0 Å². The fourth-order valence-electron chi connectivity index (χ4n) is 4.05. The minimum absolute atomic E-state index is 0.0828. The lowest BCUT2D eigenvalue weighted by Crippen LogP contribution is -2.39. The average molecular weight is 340 g/mol. The van der Waals surface area contributed by atoms with E-state index in [2.05, 4.69) is 15.1 Å². The number of hydrogen-bond acceptors (Lipinski definition) is 5. The van der Waals surface area contributed by atoms with Gasteiger partial charge in [-0.1, -0.05) is 18.0 Å². The molecule has 25 heavy (non-hydrogen) atoms. The Balaban J connectivity index is 1.51. The van der Waals surface area contributed by atoms with Gasteiger partial charge in [-0.3, -0.25) is 9.78 Å². The highest BCUT2D eigenvalue weighted by Gasteiger charge is 2.33. The van der Waals surface area contributed by atoms with Gasteiger partial charge in [-0.15, -0.1) is 0 Å². The number of amides is 1. The molecule has 1 aliphatic heterocycles. The zero-order valence-corrected chi connectivity index (χ0v) is 14.4. The topological polar surface area (TPSA) is 72.1 Å². The molecule has 2 aliphatic rings. The lowest BCUT2D eigenvalue weighted by Gasteiger charge is -2.34. The Kier molecular flexibility index (Phi) is 4.76. The second-order valence-electron chi connectivity index (χ2n) is 7.15. The first-order valence-electron chi connectivity index (χ1n) is 9.35. The zero-order chi connectivity index (χ0) is 17.1. The summed E-state index contributed by atoms with van der Waals surface area (Å²) in [6, 6.07) is 3.68. The van der Waals surface area contributed by atoms with E-state index in [1.807, 2.05) is 17.0 Å². The predicted molar refractivity (Wildman–Crippen MR) is 92.4 cm³/mol. The van der Waals surface area contributed by atoms with Gasteiger partial charge in [0.25, 0.3) is 0 Å². The molecule has 1 amide bonds. The highest BCUT2D eigenvalue weighted by Crippen LogP contribution is 2.34. The molecule has 1 atom stereocenters. The molecule has 0 unspecified atom stereocenters. The van der Waals surface area contributed by atoms with Gasteiger partial charge < -0.3 is 9.42 Å². The Morgan fingerprint density at radius 2 is 2.04 bits per heavy atom. The predicted octanol–water partition coefficient (Wildman–Crippen LogP) is 3.77. The monoisotopic (exact) mass is 340 g/mol. The van der Waals surface area contributed by atoms with Crippen molar-refractivity contribution in [2.75, 3.05) is 6.54 Å². The van der Waals surface area contributed by atoms with Crippen molar-refractivity contribution >= 4 is 5.91 Å². The van der Waals surface area contributed by atoms with Crippen LogP contribution in [0.3, 0.4) is 0 Å². The molecule has 0 bridgehead atoms. The first kappa shape index (κ1) is 16.2. The molecule has 0 aromatic carbocycles. The van der Waals surface area contributed by atoms with Gasteiger partial charge in [0.15, 0.2) is 0 Å². The second-order valence-corrected chi connectivity index (χ2v) is 7.15. The van der Waals surface area contributed by atoms with Crippen LogP contribution >= 0.6 is 0 Å². The SMILES string of the molecule is O=C(CC1CCCC1)N1CCCC[C@H]1c1nc(-c2cccnc2)no1. The molecule has 4 rings (SSSR count). The average Bonchev–Trinajstić information content (AvgIpc) is 3.34. The summed E-state index contributed by atoms with van der Waals surface area (Å²) in [6.07, 6.45) is 12.0. The molecule has 0 N–H and O–H groups in total. The van der Waals surface area contributed by atoms with Gasteiger partial charge in [-0.2, -0.15) is 4.98 Å². The number of likely N-dealkylation sites (tertiary alicyclic amines) is 1. The van der Waals surface area contributed by atoms with Crippen molar-refractivity contribution in [1.29, 1.82) is 0 Å². The van der Waals surface area contributed by atoms with Crippen molar-refractivity contribution in [3.8, 4) is 11.4 Å². The highest BCUT2D eigenvalue weighted by molar-refractivity contribution is 5.77. The van der Waals surface area contributed by atoms with E-state index in [4.69, 9.17) is 4.52 Å². The molecule has 1 saturated heterocycles. The van der Waals surface area contributed by atoms with E-state index < -0.39 is 0 Å². The molecule has 0 radical (unpaired) electrons. The van der Waals surface area contributed by atoms with Gasteiger partial charge in [0.2, 0.25) is 17.6 Å². The van der Waals surface area contributed by atoms with Crippen LogP contribution in [0.1, 0.15) is 63.3 Å². The van der Waals surface area contributed by atoms with E-state index in [1.54, 1.807) is 12.4 Å². The Morgan fingerprint density at radius 3 is 2.84 bits per heavy atom. The normalized spacial score (nSPS) is 21.6. The highest BCUT2D eigenvalue weighted by atomic mass is 16.5. The van der Waals surface area contributed by atoms with Gasteiger partial charge in [0.1, 0.15) is 6.04 Å². The number of pyridine rings is 1. The molecule has 6 nitrogen and oxygen atoms in total. The summed E-state index contributed by atoms with van der Waals surface area (Å²) in [5.74, 6) is 1.90. The van der Waals surface area contributed by atoms with Crippen molar-refractivity contribution in [2.24, 2.45) is 5.92 Å². The molecule has 1 saturated carbocycles. The molecule has 132 valence electrons. The Labute approximate surface area is 147 Å². The molecule has 2 aromatic rings. The van der Waals surface area contributed by atoms with Gasteiger partial charge >= 0.3 is 0 Å². The summed E-state index contributed by atoms with van der Waals surface area (Å²) in [5, 5.41) is 4.09. The first-order valence-corrected chi connectivity index (χ1v) is 9.35. The fraction of sp³-hybridized carbons (Fsp3) is 0.579. The first-order chi connectivity index (χ1) is 12.3. The van der Waals surface area contributed by atoms with E-state index in [-0.39, 0.29) is 11.9 Å². The Hall–Kier alpha value is -2.24. The Morgan fingerprint density at radius 1 is 1.20 bits per heavy atom. The van der Waals surface area contributed by atoms with Gasteiger partial charge in [-0.05, 0) is 50.2 Å². The van der Waals surface area contributed by atoms with Crippen LogP contribution in [0.15, 0.2) is 29.0 Å². The van der Waals surface area contributed by atoms with Crippen LogP contribution < -0.4 is 0 Å². The number of piperidine rings is 1. The number of carbonyl (C=O) groups excluding carboxylic acids is 1. The van der Waals surface area contributed by atoms with Gasteiger partial charge in [0.05, 0.1) is 0 Å². The number of aromatic nitrogens is 3. The van der Waals surface area contributed by atoms with Gasteiger partial charge in [-0.25, -0.2) is 0 Å². The molecular weight excluding hydrogens is 316 g/mol. The van der Waals surface area contributed by atoms with Gasteiger partial charge in [0, 0.05) is 30.9 Å². The van der Waals surface area contributed by atoms with Crippen LogP contribution in [-0.2, 0) is 4.79 Å². The van der Waals surface area contributed by atoms with E-state index >= 15 is 0 Å². The largest absolute Gasteiger partial charge is 0.337 e. The Bertz CT molecular complexity index is 709. The van der Waals surface area contributed by atoms with E-state index in [0.717, 1.165) is 31.4 Å². The third kappa shape index (κ3) is 3.57. The summed E-state index contributed by atoms with van der Waals surface area (Å²) < 4.78 is 5.53. The number of nitrogens with zero attached hydrogens (tertiary/aromatic N) is 4. The quantitative estimate of drug-likeness (QED) is 0.847. The maximum Gasteiger partial charge on any atom is 0.249 e. The maximum absolute atomic E-state index is 12.8. The van der Waals surface area contributed by atoms with Crippen molar-refractivity contribution in [3.63, 3.8) is 0 Å². The lowest BCUT2D eigenvalue weighted by molar-refractivity contribution is -0.136. The van der Waals surface area contributed by atoms with Crippen LogP contribution in [0.25, 0.3) is 11.4 Å². The number of carbonyl (C=O) groups is 1. The van der Waals surface area contributed by atoms with E-state index in [9.17, 15) is 4.79 Å². The van der Waals surface area contributed by atoms with Crippen LogP contribution in [-0.4, -0.2) is 32.5 Å². The van der Waals surface area contributed by atoms with Crippen molar-refractivity contribution in [2.45, 2.75) is 57.4 Å². The smallest absolute Gasteiger partial charge is 0.249 e. The number of hydrogen-bond donors (Lipinski definition) is 0.